The standard InChI is InChI=1S/C23H25FN3O9P/c1-12(22(30)31)26-37(33,36-18-9-5-7-14-6-3-4-8-15(14)18)35-13(2)20-17(28)10-19(34-20)27-11-16(24)21(29)25-23(27)32/h3-9,11-13,17,19-20,28H,10H2,1-2H3,(H,26,33)(H,30,31)(H,25,29,32)/t12-,13+,17-,19+,20+,37-/m0/s1. The molecular formula is C23H25FN3O9P. The molecule has 4 rings (SSSR count). The Balaban J connectivity index is 1.59. The lowest BCUT2D eigenvalue weighted by atomic mass is 10.1. The molecule has 37 heavy (non-hydrogen) atoms. The smallest absolute Gasteiger partial charge is 0.459 e. The van der Waals surface area contributed by atoms with Gasteiger partial charge in [0.1, 0.15) is 24.1 Å². The molecule has 198 valence electrons. The second-order valence-electron chi connectivity index (χ2n) is 8.57. The molecule has 2 heterocycles. The Hall–Kier alpha value is -3.35. The Kier molecular flexibility index (Phi) is 7.62. The highest BCUT2D eigenvalue weighted by Gasteiger charge is 2.43. The quantitative estimate of drug-likeness (QED) is 0.297. The van der Waals surface area contributed by atoms with Crippen molar-refractivity contribution in [1.29, 1.82) is 0 Å². The summed E-state index contributed by atoms with van der Waals surface area (Å²) in [4.78, 5) is 36.7. The number of aliphatic carboxylic acids is 1. The van der Waals surface area contributed by atoms with Gasteiger partial charge in [-0.2, -0.15) is 9.48 Å². The average molecular weight is 537 g/mol. The summed E-state index contributed by atoms with van der Waals surface area (Å²) in [5.74, 6) is -2.36. The van der Waals surface area contributed by atoms with Crippen LogP contribution in [0.25, 0.3) is 10.8 Å². The third-order valence-corrected chi connectivity index (χ3v) is 7.58. The van der Waals surface area contributed by atoms with Gasteiger partial charge in [-0.3, -0.25) is 23.7 Å². The van der Waals surface area contributed by atoms with E-state index < -0.39 is 61.4 Å². The number of aromatic nitrogens is 2. The van der Waals surface area contributed by atoms with E-state index in [1.54, 1.807) is 24.3 Å². The molecule has 0 radical (unpaired) electrons. The second kappa shape index (κ2) is 10.6. The number of nitrogens with one attached hydrogen (secondary N) is 2. The number of rotatable bonds is 9. The third-order valence-electron chi connectivity index (χ3n) is 5.83. The Morgan fingerprint density at radius 3 is 2.68 bits per heavy atom. The number of benzene rings is 2. The predicted molar refractivity (Wildman–Crippen MR) is 129 cm³/mol. The molecule has 1 aliphatic heterocycles. The first kappa shape index (κ1) is 26.7. The zero-order valence-corrected chi connectivity index (χ0v) is 20.6. The van der Waals surface area contributed by atoms with Crippen molar-refractivity contribution in [2.45, 2.75) is 50.8 Å². The number of carboxylic acid groups (broad SMARTS) is 1. The van der Waals surface area contributed by atoms with E-state index in [1.807, 2.05) is 23.2 Å². The molecule has 2 aromatic carbocycles. The number of carbonyl (C=O) groups is 1. The number of hydrogen-bond donors (Lipinski definition) is 4. The van der Waals surface area contributed by atoms with E-state index in [0.29, 0.717) is 11.6 Å². The van der Waals surface area contributed by atoms with Crippen molar-refractivity contribution < 1.29 is 37.7 Å². The summed E-state index contributed by atoms with van der Waals surface area (Å²) >= 11 is 0. The van der Waals surface area contributed by atoms with Crippen molar-refractivity contribution in [2.24, 2.45) is 0 Å². The van der Waals surface area contributed by atoms with Crippen LogP contribution in [-0.2, 0) is 18.6 Å². The van der Waals surface area contributed by atoms with Crippen LogP contribution in [0.15, 0.2) is 58.3 Å². The van der Waals surface area contributed by atoms with Gasteiger partial charge >= 0.3 is 19.4 Å². The molecule has 0 amide bonds. The number of aliphatic hydroxyl groups is 1. The molecule has 12 nitrogen and oxygen atoms in total. The molecule has 1 aromatic heterocycles. The molecule has 6 atom stereocenters. The number of hydrogen-bond acceptors (Lipinski definition) is 8. The second-order valence-corrected chi connectivity index (χ2v) is 10.2. The fourth-order valence-corrected chi connectivity index (χ4v) is 5.72. The van der Waals surface area contributed by atoms with Gasteiger partial charge in [0.2, 0.25) is 5.82 Å². The molecule has 3 aromatic rings. The number of carboxylic acids is 1. The highest BCUT2D eigenvalue weighted by molar-refractivity contribution is 7.52. The minimum Gasteiger partial charge on any atom is -0.480 e. The summed E-state index contributed by atoms with van der Waals surface area (Å²) in [6, 6.07) is 10.8. The van der Waals surface area contributed by atoms with Gasteiger partial charge in [0.25, 0.3) is 5.56 Å². The molecule has 14 heteroatoms. The first-order valence-corrected chi connectivity index (χ1v) is 12.8. The van der Waals surface area contributed by atoms with Crippen molar-refractivity contribution in [3.8, 4) is 5.75 Å². The zero-order chi connectivity index (χ0) is 26.9. The first-order valence-electron chi connectivity index (χ1n) is 11.3. The molecular weight excluding hydrogens is 512 g/mol. The normalized spacial score (nSPS) is 22.9. The van der Waals surface area contributed by atoms with Gasteiger partial charge in [0.15, 0.2) is 0 Å². The fourth-order valence-electron chi connectivity index (χ4n) is 4.00. The van der Waals surface area contributed by atoms with E-state index in [9.17, 15) is 33.6 Å². The van der Waals surface area contributed by atoms with Crippen LogP contribution in [-0.4, -0.2) is 50.1 Å². The molecule has 1 aliphatic rings. The lowest BCUT2D eigenvalue weighted by molar-refractivity contribution is -0.138. The highest BCUT2D eigenvalue weighted by atomic mass is 31.2. The van der Waals surface area contributed by atoms with E-state index >= 15 is 0 Å². The molecule has 0 aliphatic carbocycles. The maximum Gasteiger partial charge on any atom is 0.459 e. The van der Waals surface area contributed by atoms with E-state index in [0.717, 1.165) is 9.95 Å². The maximum absolute atomic E-state index is 13.8. The summed E-state index contributed by atoms with van der Waals surface area (Å²) in [6.07, 6.45) is -4.23. The van der Waals surface area contributed by atoms with Crippen LogP contribution in [0, 0.1) is 5.82 Å². The topological polar surface area (TPSA) is 169 Å². The van der Waals surface area contributed by atoms with Gasteiger partial charge in [0.05, 0.1) is 18.4 Å². The summed E-state index contributed by atoms with van der Waals surface area (Å²) in [6.45, 7) is 2.67. The van der Waals surface area contributed by atoms with Crippen LogP contribution < -0.4 is 20.9 Å². The van der Waals surface area contributed by atoms with E-state index in [2.05, 4.69) is 5.09 Å². The maximum atomic E-state index is 13.8. The van der Waals surface area contributed by atoms with Crippen LogP contribution in [0.5, 0.6) is 5.75 Å². The van der Waals surface area contributed by atoms with Crippen molar-refractivity contribution >= 4 is 24.5 Å². The molecule has 0 saturated carbocycles. The fraction of sp³-hybridized carbons (Fsp3) is 0.348. The third kappa shape index (κ3) is 5.81. The molecule has 4 N–H and O–H groups in total. The van der Waals surface area contributed by atoms with Crippen LogP contribution in [0.3, 0.4) is 0 Å². The monoisotopic (exact) mass is 537 g/mol. The van der Waals surface area contributed by atoms with Crippen molar-refractivity contribution in [3.63, 3.8) is 0 Å². The summed E-state index contributed by atoms with van der Waals surface area (Å²) < 4.78 is 45.4. The number of ether oxygens (including phenoxy) is 1. The number of H-pyrrole nitrogens is 1. The number of nitrogens with zero attached hydrogens (tertiary/aromatic N) is 1. The van der Waals surface area contributed by atoms with Crippen molar-refractivity contribution in [3.05, 3.63) is 75.3 Å². The number of aliphatic hydroxyl groups excluding tert-OH is 1. The molecule has 1 fully saturated rings. The first-order chi connectivity index (χ1) is 17.5. The Morgan fingerprint density at radius 1 is 1.24 bits per heavy atom. The van der Waals surface area contributed by atoms with Crippen LogP contribution in [0.2, 0.25) is 0 Å². The molecule has 0 unspecified atom stereocenters. The largest absolute Gasteiger partial charge is 0.480 e. The van der Waals surface area contributed by atoms with E-state index in [4.69, 9.17) is 13.8 Å². The summed E-state index contributed by atoms with van der Waals surface area (Å²) in [5.41, 5.74) is -2.14. The minimum atomic E-state index is -4.40. The summed E-state index contributed by atoms with van der Waals surface area (Å²) in [5, 5.41) is 23.7. The number of fused-ring (bicyclic) bond motifs is 1. The average Bonchev–Trinajstić information content (AvgIpc) is 3.22. The Bertz CT molecular complexity index is 1470. The van der Waals surface area contributed by atoms with E-state index in [-0.39, 0.29) is 12.2 Å². The van der Waals surface area contributed by atoms with Gasteiger partial charge in [-0.05, 0) is 25.3 Å². The van der Waals surface area contributed by atoms with Crippen LogP contribution in [0.1, 0.15) is 26.5 Å². The van der Waals surface area contributed by atoms with Crippen molar-refractivity contribution in [2.75, 3.05) is 0 Å². The predicted octanol–water partition coefficient (Wildman–Crippen LogP) is 2.13. The summed E-state index contributed by atoms with van der Waals surface area (Å²) in [7, 11) is -4.40. The van der Waals surface area contributed by atoms with Gasteiger partial charge in [-0.15, -0.1) is 0 Å². The molecule has 0 bridgehead atoms. The number of aromatic amines is 1. The van der Waals surface area contributed by atoms with Crippen LogP contribution >= 0.6 is 7.75 Å². The Morgan fingerprint density at radius 2 is 1.95 bits per heavy atom. The van der Waals surface area contributed by atoms with Gasteiger partial charge in [0, 0.05) is 11.8 Å². The molecule has 0 spiro atoms. The SMILES string of the molecule is C[C@H](N[P@@](=O)(Oc1cccc2ccccc12)O[C@H](C)[C@H]1O[C@@H](n2cc(F)c(=O)[nH]c2=O)C[C@@H]1O)C(=O)O. The zero-order valence-electron chi connectivity index (χ0n) is 19.7. The van der Waals surface area contributed by atoms with Gasteiger partial charge < -0.3 is 19.5 Å². The highest BCUT2D eigenvalue weighted by Crippen LogP contribution is 2.49. The lowest BCUT2D eigenvalue weighted by Gasteiger charge is -2.28. The Labute approximate surface area is 209 Å². The minimum absolute atomic E-state index is 0.166. The van der Waals surface area contributed by atoms with Crippen LogP contribution in [0.4, 0.5) is 4.39 Å². The molecule has 1 saturated heterocycles. The van der Waals surface area contributed by atoms with Crippen molar-refractivity contribution in [1.82, 2.24) is 14.6 Å². The van der Waals surface area contributed by atoms with Gasteiger partial charge in [-0.25, -0.2) is 9.36 Å². The number of halogens is 1. The van der Waals surface area contributed by atoms with E-state index in [1.165, 1.54) is 13.8 Å². The van der Waals surface area contributed by atoms with Gasteiger partial charge in [-0.1, -0.05) is 36.4 Å². The lowest BCUT2D eigenvalue weighted by Crippen LogP contribution is -2.39.